The summed E-state index contributed by atoms with van der Waals surface area (Å²) in [6, 6.07) is 12.8. The standard InChI is InChI=1S/C24H20FNO6/c1-30-16-6-3-5-14(11-16)13-26-21(19-7-4-10-32-19)20(23(28)24(26)29)22(27)17-12-15(25)8-9-18(17)31-2/h3-12,21,27H,13H2,1-2H3/b22-20-. The second-order valence-electron chi connectivity index (χ2n) is 7.14. The molecule has 4 rings (SSSR count). The van der Waals surface area contributed by atoms with Crippen molar-refractivity contribution in [1.82, 2.24) is 4.90 Å². The van der Waals surface area contributed by atoms with Gasteiger partial charge in [0.25, 0.3) is 11.7 Å². The quantitative estimate of drug-likeness (QED) is 0.355. The van der Waals surface area contributed by atoms with Crippen molar-refractivity contribution >= 4 is 17.4 Å². The second-order valence-corrected chi connectivity index (χ2v) is 7.14. The first-order valence-electron chi connectivity index (χ1n) is 9.73. The number of aliphatic hydroxyl groups is 1. The van der Waals surface area contributed by atoms with Crippen molar-refractivity contribution in [2.24, 2.45) is 0 Å². The lowest BCUT2D eigenvalue weighted by atomic mass is 9.98. The lowest BCUT2D eigenvalue weighted by Crippen LogP contribution is -2.29. The summed E-state index contributed by atoms with van der Waals surface area (Å²) in [5.41, 5.74) is 0.464. The van der Waals surface area contributed by atoms with E-state index in [0.29, 0.717) is 11.3 Å². The van der Waals surface area contributed by atoms with Crippen LogP contribution in [0.15, 0.2) is 70.9 Å². The van der Waals surface area contributed by atoms with E-state index in [4.69, 9.17) is 13.9 Å². The molecule has 1 N–H and O–H groups in total. The predicted molar refractivity (Wildman–Crippen MR) is 113 cm³/mol. The number of aliphatic hydroxyl groups excluding tert-OH is 1. The van der Waals surface area contributed by atoms with Crippen LogP contribution in [0.1, 0.15) is 22.9 Å². The summed E-state index contributed by atoms with van der Waals surface area (Å²) >= 11 is 0. The van der Waals surface area contributed by atoms with Gasteiger partial charge in [0.1, 0.15) is 34.9 Å². The topological polar surface area (TPSA) is 89.2 Å². The van der Waals surface area contributed by atoms with Crippen molar-refractivity contribution in [2.45, 2.75) is 12.6 Å². The van der Waals surface area contributed by atoms with Gasteiger partial charge in [0.15, 0.2) is 0 Å². The van der Waals surface area contributed by atoms with Crippen LogP contribution < -0.4 is 9.47 Å². The monoisotopic (exact) mass is 437 g/mol. The molecule has 2 heterocycles. The molecule has 1 fully saturated rings. The van der Waals surface area contributed by atoms with E-state index in [1.165, 1.54) is 37.5 Å². The number of Topliss-reactive ketones (excluding diaryl/α,β-unsaturated/α-hetero) is 1. The molecule has 1 amide bonds. The van der Waals surface area contributed by atoms with Crippen LogP contribution in [0.2, 0.25) is 0 Å². The van der Waals surface area contributed by atoms with Crippen LogP contribution in [0.4, 0.5) is 4.39 Å². The van der Waals surface area contributed by atoms with Gasteiger partial charge in [-0.2, -0.15) is 0 Å². The Morgan fingerprint density at radius 3 is 2.59 bits per heavy atom. The molecule has 1 aromatic heterocycles. The van der Waals surface area contributed by atoms with Crippen LogP contribution in [-0.2, 0) is 16.1 Å². The molecular formula is C24H20FNO6. The fraction of sp³-hybridized carbons (Fsp3) is 0.167. The number of halogens is 1. The molecule has 8 heteroatoms. The van der Waals surface area contributed by atoms with Crippen molar-refractivity contribution in [3.63, 3.8) is 0 Å². The van der Waals surface area contributed by atoms with Gasteiger partial charge in [0.05, 0.1) is 31.6 Å². The third-order valence-electron chi connectivity index (χ3n) is 5.26. The summed E-state index contributed by atoms with van der Waals surface area (Å²) in [5.74, 6) is -1.87. The number of rotatable bonds is 6. The highest BCUT2D eigenvalue weighted by Crippen LogP contribution is 2.42. The van der Waals surface area contributed by atoms with Crippen LogP contribution in [0, 0.1) is 5.82 Å². The van der Waals surface area contributed by atoms with Crippen LogP contribution in [0.5, 0.6) is 11.5 Å². The van der Waals surface area contributed by atoms with Gasteiger partial charge in [-0.3, -0.25) is 9.59 Å². The number of ether oxygens (including phenoxy) is 2. The van der Waals surface area contributed by atoms with E-state index in [0.717, 1.165) is 6.07 Å². The number of benzene rings is 2. The first-order chi connectivity index (χ1) is 15.4. The lowest BCUT2D eigenvalue weighted by Gasteiger charge is -2.23. The van der Waals surface area contributed by atoms with Crippen molar-refractivity contribution in [2.75, 3.05) is 14.2 Å². The zero-order valence-electron chi connectivity index (χ0n) is 17.4. The maximum Gasteiger partial charge on any atom is 0.296 e. The summed E-state index contributed by atoms with van der Waals surface area (Å²) in [7, 11) is 2.88. The Morgan fingerprint density at radius 2 is 1.91 bits per heavy atom. The zero-order chi connectivity index (χ0) is 22.8. The molecule has 0 bridgehead atoms. The smallest absolute Gasteiger partial charge is 0.296 e. The number of carbonyl (C=O) groups is 2. The molecular weight excluding hydrogens is 417 g/mol. The Hall–Kier alpha value is -4.07. The number of hydrogen-bond donors (Lipinski definition) is 1. The summed E-state index contributed by atoms with van der Waals surface area (Å²) < 4.78 is 29.9. The highest BCUT2D eigenvalue weighted by molar-refractivity contribution is 6.46. The fourth-order valence-electron chi connectivity index (χ4n) is 3.76. The van der Waals surface area contributed by atoms with Gasteiger partial charge < -0.3 is 23.9 Å². The Bertz CT molecular complexity index is 1200. The molecule has 1 aliphatic heterocycles. The molecule has 0 spiro atoms. The molecule has 1 saturated heterocycles. The molecule has 2 aromatic carbocycles. The van der Waals surface area contributed by atoms with Crippen LogP contribution in [0.3, 0.4) is 0 Å². The van der Waals surface area contributed by atoms with E-state index >= 15 is 0 Å². The minimum Gasteiger partial charge on any atom is -0.507 e. The molecule has 164 valence electrons. The number of carbonyl (C=O) groups excluding carboxylic acids is 2. The summed E-state index contributed by atoms with van der Waals surface area (Å²) in [6.45, 7) is 0.0597. The third kappa shape index (κ3) is 3.71. The first-order valence-corrected chi connectivity index (χ1v) is 9.73. The van der Waals surface area contributed by atoms with Crippen molar-refractivity contribution < 1.29 is 33.0 Å². The highest BCUT2D eigenvalue weighted by Gasteiger charge is 2.47. The summed E-state index contributed by atoms with van der Waals surface area (Å²) in [5, 5.41) is 11.1. The first kappa shape index (κ1) is 21.2. The Labute approximate surface area is 183 Å². The van der Waals surface area contributed by atoms with Crippen LogP contribution in [-0.4, -0.2) is 35.9 Å². The SMILES string of the molecule is COc1cccc(CN2C(=O)C(=O)/C(=C(\O)c3cc(F)ccc3OC)C2c2ccco2)c1. The minimum absolute atomic E-state index is 0.0385. The molecule has 0 saturated carbocycles. The van der Waals surface area contributed by atoms with Crippen molar-refractivity contribution in [3.8, 4) is 11.5 Å². The normalized spacial score (nSPS) is 17.6. The van der Waals surface area contributed by atoms with Crippen molar-refractivity contribution in [1.29, 1.82) is 0 Å². The van der Waals surface area contributed by atoms with Gasteiger partial charge in [-0.1, -0.05) is 12.1 Å². The number of furan rings is 1. The Kier molecular flexibility index (Phi) is 5.68. The van der Waals surface area contributed by atoms with E-state index in [1.807, 2.05) is 0 Å². The Morgan fingerprint density at radius 1 is 1.09 bits per heavy atom. The molecule has 7 nitrogen and oxygen atoms in total. The van der Waals surface area contributed by atoms with Gasteiger partial charge in [-0.05, 0) is 48.0 Å². The van der Waals surface area contributed by atoms with Crippen molar-refractivity contribution in [3.05, 3.63) is 89.1 Å². The molecule has 0 aliphatic carbocycles. The van der Waals surface area contributed by atoms with E-state index < -0.39 is 29.3 Å². The minimum atomic E-state index is -1.01. The highest BCUT2D eigenvalue weighted by atomic mass is 19.1. The maximum absolute atomic E-state index is 13.9. The average molecular weight is 437 g/mol. The summed E-state index contributed by atoms with van der Waals surface area (Å²) in [6.07, 6.45) is 1.41. The van der Waals surface area contributed by atoms with Gasteiger partial charge >= 0.3 is 0 Å². The van der Waals surface area contributed by atoms with Crippen LogP contribution in [0.25, 0.3) is 5.76 Å². The summed E-state index contributed by atoms with van der Waals surface area (Å²) in [4.78, 5) is 27.3. The molecule has 1 unspecified atom stereocenters. The number of ketones is 1. The number of methoxy groups -OCH3 is 2. The Balaban J connectivity index is 1.85. The van der Waals surface area contributed by atoms with E-state index in [-0.39, 0.29) is 29.2 Å². The molecule has 1 aliphatic rings. The van der Waals surface area contributed by atoms with Gasteiger partial charge in [-0.25, -0.2) is 4.39 Å². The lowest BCUT2D eigenvalue weighted by molar-refractivity contribution is -0.140. The van der Waals surface area contributed by atoms with Gasteiger partial charge in [0.2, 0.25) is 0 Å². The van der Waals surface area contributed by atoms with Gasteiger partial charge in [0, 0.05) is 6.54 Å². The van der Waals surface area contributed by atoms with Gasteiger partial charge in [-0.15, -0.1) is 0 Å². The fourth-order valence-corrected chi connectivity index (χ4v) is 3.76. The maximum atomic E-state index is 13.9. The molecule has 1 atom stereocenters. The average Bonchev–Trinajstić information content (AvgIpc) is 3.41. The van der Waals surface area contributed by atoms with E-state index in [1.54, 1.807) is 36.4 Å². The number of amides is 1. The van der Waals surface area contributed by atoms with Crippen LogP contribution >= 0.6 is 0 Å². The zero-order valence-corrected chi connectivity index (χ0v) is 17.4. The van der Waals surface area contributed by atoms with E-state index in [9.17, 15) is 19.1 Å². The molecule has 3 aromatic rings. The predicted octanol–water partition coefficient (Wildman–Crippen LogP) is 4.06. The largest absolute Gasteiger partial charge is 0.507 e. The molecule has 0 radical (unpaired) electrons. The molecule has 32 heavy (non-hydrogen) atoms. The number of nitrogens with zero attached hydrogens (tertiary/aromatic N) is 1. The van der Waals surface area contributed by atoms with E-state index in [2.05, 4.69) is 0 Å². The number of likely N-dealkylation sites (tertiary alicyclic amines) is 1. The number of hydrogen-bond acceptors (Lipinski definition) is 6. The third-order valence-corrected chi connectivity index (χ3v) is 5.26. The second kappa shape index (κ2) is 8.58.